The Labute approximate surface area is 90.5 Å². The van der Waals surface area contributed by atoms with E-state index in [0.29, 0.717) is 5.69 Å². The molecule has 3 nitrogen and oxygen atoms in total. The maximum atomic E-state index is 13.4. The summed E-state index contributed by atoms with van der Waals surface area (Å²) in [5, 5.41) is 12.5. The van der Waals surface area contributed by atoms with E-state index in [1.54, 1.807) is 6.07 Å². The van der Waals surface area contributed by atoms with Crippen LogP contribution in [0.3, 0.4) is 0 Å². The fourth-order valence-corrected chi connectivity index (χ4v) is 1.34. The lowest BCUT2D eigenvalue weighted by Gasteiger charge is -2.02. The fourth-order valence-electron chi connectivity index (χ4n) is 1.34. The molecule has 0 saturated heterocycles. The van der Waals surface area contributed by atoms with Crippen molar-refractivity contribution >= 4 is 0 Å². The summed E-state index contributed by atoms with van der Waals surface area (Å²) in [6, 6.07) is 6.81. The number of rotatable bonds is 2. The molecule has 16 heavy (non-hydrogen) atoms. The molecule has 0 bridgehead atoms. The summed E-state index contributed by atoms with van der Waals surface area (Å²) in [5.41, 5.74) is 0.705. The van der Waals surface area contributed by atoms with E-state index in [1.165, 1.54) is 16.9 Å². The Bertz CT molecular complexity index is 555. The van der Waals surface area contributed by atoms with Crippen molar-refractivity contribution in [3.05, 3.63) is 47.8 Å². The summed E-state index contributed by atoms with van der Waals surface area (Å²) >= 11 is 0. The van der Waals surface area contributed by atoms with Gasteiger partial charge in [-0.25, -0.2) is 13.5 Å². The van der Waals surface area contributed by atoms with E-state index in [4.69, 9.17) is 5.26 Å². The van der Waals surface area contributed by atoms with Crippen molar-refractivity contribution < 1.29 is 8.78 Å². The molecule has 0 saturated carbocycles. The second kappa shape index (κ2) is 4.11. The summed E-state index contributed by atoms with van der Waals surface area (Å²) in [6.45, 7) is 0. The first kappa shape index (κ1) is 10.3. The summed E-state index contributed by atoms with van der Waals surface area (Å²) in [6.07, 6.45) is 1.69. The Balaban J connectivity index is 2.39. The summed E-state index contributed by atoms with van der Waals surface area (Å²) < 4.78 is 27.3. The van der Waals surface area contributed by atoms with E-state index < -0.39 is 11.6 Å². The molecule has 0 aliphatic heterocycles. The van der Waals surface area contributed by atoms with Gasteiger partial charge in [0.25, 0.3) is 0 Å². The highest BCUT2D eigenvalue weighted by Crippen LogP contribution is 2.14. The van der Waals surface area contributed by atoms with Crippen molar-refractivity contribution in [2.45, 2.75) is 6.42 Å². The van der Waals surface area contributed by atoms with Crippen molar-refractivity contribution in [1.29, 1.82) is 5.26 Å². The van der Waals surface area contributed by atoms with Gasteiger partial charge in [0.05, 0.1) is 18.2 Å². The fraction of sp³-hybridized carbons (Fsp3) is 0.0909. The highest BCUT2D eigenvalue weighted by Gasteiger charge is 2.07. The zero-order valence-corrected chi connectivity index (χ0v) is 8.19. The summed E-state index contributed by atoms with van der Waals surface area (Å²) in [4.78, 5) is 0. The van der Waals surface area contributed by atoms with E-state index in [2.05, 4.69) is 5.10 Å². The average molecular weight is 219 g/mol. The number of benzene rings is 1. The van der Waals surface area contributed by atoms with Gasteiger partial charge in [-0.15, -0.1) is 0 Å². The third kappa shape index (κ3) is 1.91. The predicted molar refractivity (Wildman–Crippen MR) is 52.8 cm³/mol. The number of nitrogens with zero attached hydrogens (tertiary/aromatic N) is 3. The number of aromatic nitrogens is 2. The topological polar surface area (TPSA) is 41.6 Å². The average Bonchev–Trinajstić information content (AvgIpc) is 2.67. The van der Waals surface area contributed by atoms with Gasteiger partial charge in [-0.05, 0) is 18.2 Å². The van der Waals surface area contributed by atoms with E-state index >= 15 is 0 Å². The molecule has 5 heteroatoms. The molecule has 0 atom stereocenters. The van der Waals surface area contributed by atoms with Crippen molar-refractivity contribution in [3.63, 3.8) is 0 Å². The molecule has 2 aromatic rings. The zero-order valence-electron chi connectivity index (χ0n) is 8.19. The molecule has 0 amide bonds. The van der Waals surface area contributed by atoms with Crippen LogP contribution in [-0.4, -0.2) is 9.78 Å². The van der Waals surface area contributed by atoms with Gasteiger partial charge >= 0.3 is 0 Å². The molecule has 80 valence electrons. The van der Waals surface area contributed by atoms with Crippen molar-refractivity contribution in [3.8, 4) is 11.8 Å². The highest BCUT2D eigenvalue weighted by molar-refractivity contribution is 5.33. The number of hydrogen-bond donors (Lipinski definition) is 0. The third-order valence-corrected chi connectivity index (χ3v) is 2.06. The molecule has 0 N–H and O–H groups in total. The first-order valence-electron chi connectivity index (χ1n) is 4.57. The molecule has 0 unspecified atom stereocenters. The maximum absolute atomic E-state index is 13.4. The minimum atomic E-state index is -0.688. The lowest BCUT2D eigenvalue weighted by Crippen LogP contribution is -1.99. The SMILES string of the molecule is N#CCc1ccn(-c2ccc(F)cc2F)n1. The van der Waals surface area contributed by atoms with Crippen LogP contribution in [0.5, 0.6) is 0 Å². The largest absolute Gasteiger partial charge is 0.238 e. The molecular formula is C11H7F2N3. The molecule has 0 fully saturated rings. The van der Waals surface area contributed by atoms with Gasteiger partial charge < -0.3 is 0 Å². The van der Waals surface area contributed by atoms with Crippen LogP contribution in [-0.2, 0) is 6.42 Å². The maximum Gasteiger partial charge on any atom is 0.151 e. The Morgan fingerprint density at radius 3 is 2.81 bits per heavy atom. The smallest absolute Gasteiger partial charge is 0.151 e. The minimum Gasteiger partial charge on any atom is -0.238 e. The van der Waals surface area contributed by atoms with Gasteiger partial charge in [-0.2, -0.15) is 10.4 Å². The van der Waals surface area contributed by atoms with Gasteiger partial charge in [0.2, 0.25) is 0 Å². The second-order valence-corrected chi connectivity index (χ2v) is 3.18. The van der Waals surface area contributed by atoms with Crippen molar-refractivity contribution in [2.75, 3.05) is 0 Å². The van der Waals surface area contributed by atoms with Gasteiger partial charge in [0.1, 0.15) is 11.5 Å². The number of nitriles is 1. The highest BCUT2D eigenvalue weighted by atomic mass is 19.1. The Kier molecular flexibility index (Phi) is 2.64. The lowest BCUT2D eigenvalue weighted by molar-refractivity contribution is 0.573. The van der Waals surface area contributed by atoms with E-state index in [-0.39, 0.29) is 12.1 Å². The van der Waals surface area contributed by atoms with Crippen LogP contribution in [0.25, 0.3) is 5.69 Å². The standard InChI is InChI=1S/C11H7F2N3/c12-8-1-2-11(10(13)7-8)16-6-4-9(15-16)3-5-14/h1-2,4,6-7H,3H2. The molecule has 1 heterocycles. The molecule has 1 aromatic heterocycles. The van der Waals surface area contributed by atoms with Crippen LogP contribution in [0.4, 0.5) is 8.78 Å². The van der Waals surface area contributed by atoms with Crippen LogP contribution in [0.15, 0.2) is 30.5 Å². The number of halogens is 2. The molecule has 0 radical (unpaired) electrons. The molecular weight excluding hydrogens is 212 g/mol. The molecule has 2 rings (SSSR count). The Morgan fingerprint density at radius 2 is 2.12 bits per heavy atom. The Hall–Kier alpha value is -2.22. The molecule has 0 aliphatic rings. The van der Waals surface area contributed by atoms with Gasteiger partial charge in [-0.1, -0.05) is 0 Å². The zero-order chi connectivity index (χ0) is 11.5. The van der Waals surface area contributed by atoms with Crippen LogP contribution in [0.2, 0.25) is 0 Å². The van der Waals surface area contributed by atoms with Crippen molar-refractivity contribution in [1.82, 2.24) is 9.78 Å². The van der Waals surface area contributed by atoms with Gasteiger partial charge in [0.15, 0.2) is 5.82 Å². The minimum absolute atomic E-state index is 0.158. The van der Waals surface area contributed by atoms with Crippen molar-refractivity contribution in [2.24, 2.45) is 0 Å². The molecule has 1 aromatic carbocycles. The predicted octanol–water partition coefficient (Wildman–Crippen LogP) is 2.22. The summed E-state index contributed by atoms with van der Waals surface area (Å²) in [7, 11) is 0. The van der Waals surface area contributed by atoms with Crippen LogP contribution in [0.1, 0.15) is 5.69 Å². The van der Waals surface area contributed by atoms with Gasteiger partial charge in [-0.3, -0.25) is 0 Å². The first-order chi connectivity index (χ1) is 7.70. The monoisotopic (exact) mass is 219 g/mol. The Morgan fingerprint density at radius 1 is 1.31 bits per heavy atom. The van der Waals surface area contributed by atoms with E-state index in [9.17, 15) is 8.78 Å². The van der Waals surface area contributed by atoms with Gasteiger partial charge in [0, 0.05) is 12.3 Å². The third-order valence-electron chi connectivity index (χ3n) is 2.06. The lowest BCUT2D eigenvalue weighted by atomic mass is 10.3. The normalized spacial score (nSPS) is 10.1. The quantitative estimate of drug-likeness (QED) is 0.777. The molecule has 0 aliphatic carbocycles. The number of hydrogen-bond acceptors (Lipinski definition) is 2. The second-order valence-electron chi connectivity index (χ2n) is 3.18. The van der Waals surface area contributed by atoms with Crippen LogP contribution >= 0.6 is 0 Å². The van der Waals surface area contributed by atoms with Crippen LogP contribution in [0, 0.1) is 23.0 Å². The summed E-state index contributed by atoms with van der Waals surface area (Å²) in [5.74, 6) is -1.32. The van der Waals surface area contributed by atoms with Crippen LogP contribution < -0.4 is 0 Å². The van der Waals surface area contributed by atoms with E-state index in [0.717, 1.165) is 12.1 Å². The molecule has 0 spiro atoms. The van der Waals surface area contributed by atoms with E-state index in [1.807, 2.05) is 6.07 Å². The first-order valence-corrected chi connectivity index (χ1v) is 4.57.